The van der Waals surface area contributed by atoms with Gasteiger partial charge >= 0.3 is 0 Å². The van der Waals surface area contributed by atoms with E-state index in [4.69, 9.17) is 26.3 Å². The van der Waals surface area contributed by atoms with E-state index in [2.05, 4.69) is 214 Å². The maximum atomic E-state index is 7.18. The van der Waals surface area contributed by atoms with Crippen LogP contribution in [0.2, 0.25) is 0 Å². The molecule has 0 saturated carbocycles. The summed E-state index contributed by atoms with van der Waals surface area (Å²) in [7, 11) is 0. The lowest BCUT2D eigenvalue weighted by Gasteiger charge is -2.13. The van der Waals surface area contributed by atoms with Gasteiger partial charge in [0.2, 0.25) is 24.8 Å². The molecule has 0 amide bonds. The zero-order valence-electron chi connectivity index (χ0n) is 50.7. The lowest BCUT2D eigenvalue weighted by Crippen LogP contribution is -2.36. The van der Waals surface area contributed by atoms with Crippen LogP contribution >= 0.6 is 0 Å². The van der Waals surface area contributed by atoms with E-state index in [1.54, 1.807) is 0 Å². The van der Waals surface area contributed by atoms with Crippen molar-refractivity contribution < 1.29 is 18.7 Å². The predicted octanol–water partition coefficient (Wildman–Crippen LogP) is 15.3. The Labute approximate surface area is 496 Å². The predicted molar refractivity (Wildman–Crippen MR) is 337 cm³/mol. The Morgan fingerprint density at radius 3 is 1.15 bits per heavy atom. The van der Waals surface area contributed by atoms with Gasteiger partial charge in [0.05, 0.1) is 64.5 Å². The highest BCUT2D eigenvalue weighted by Crippen LogP contribution is 2.38. The molecule has 0 unspecified atom stereocenters. The maximum absolute atomic E-state index is 7.18. The Bertz CT molecular complexity index is 5150. The van der Waals surface area contributed by atoms with Gasteiger partial charge in [-0.1, -0.05) is 30.3 Å². The van der Waals surface area contributed by atoms with Gasteiger partial charge in [-0.2, -0.15) is 0 Å². The number of benzene rings is 8. The van der Waals surface area contributed by atoms with Gasteiger partial charge in [0.1, 0.15) is 44.8 Å². The van der Waals surface area contributed by atoms with Gasteiger partial charge in [-0.05, 0) is 223 Å². The van der Waals surface area contributed by atoms with Crippen molar-refractivity contribution in [3.05, 3.63) is 256 Å². The van der Waals surface area contributed by atoms with E-state index < -0.39 is 0 Å². The molecule has 0 saturated heterocycles. The molecule has 85 heavy (non-hydrogen) atoms. The minimum absolute atomic E-state index is 0.698. The van der Waals surface area contributed by atoms with Crippen LogP contribution in [-0.2, 0) is 26.2 Å². The second-order valence-electron chi connectivity index (χ2n) is 23.8. The SMILES string of the molecule is [C-]#[N+]c1ccc2c(c1)c[n+]1n2-c2c(C)c(C)c(C)c(C)c2C1.[C-]#[N+]c1ccc2c(c1)c[n+]1n2-c2c(C)c(C)cc(C)c2C1.[C-]#[N+]c1ccc2c(c1)c[n+]1n2-c2c(cc(C)c(C)c2C)C1.[C-]#[N+]c1ccc2c(c1)c[n+]1n2-c2cc(C)c(C)c(C)c2C1. The molecule has 4 aromatic heterocycles. The summed E-state index contributed by atoms with van der Waals surface area (Å²) in [6.07, 6.45) is 8.61. The highest BCUT2D eigenvalue weighted by atomic mass is 15.4. The molecular weight excluding hydrogens is 1040 g/mol. The van der Waals surface area contributed by atoms with Crippen LogP contribution in [0, 0.1) is 116 Å². The summed E-state index contributed by atoms with van der Waals surface area (Å²) in [5.41, 5.74) is 36.1. The molecule has 0 N–H and O–H groups in total. The quantitative estimate of drug-likeness (QED) is 0.107. The Balaban J connectivity index is 0.000000105. The van der Waals surface area contributed by atoms with Crippen molar-refractivity contribution in [2.24, 2.45) is 0 Å². The summed E-state index contributed by atoms with van der Waals surface area (Å²) >= 11 is 0. The highest BCUT2D eigenvalue weighted by Gasteiger charge is 2.36. The van der Waals surface area contributed by atoms with Gasteiger partial charge in [0, 0.05) is 5.56 Å². The van der Waals surface area contributed by atoms with Crippen molar-refractivity contribution in [1.82, 2.24) is 18.7 Å². The average Bonchev–Trinajstić information content (AvgIpc) is 2.78. The number of nitrogens with zero attached hydrogens (tertiary/aromatic N) is 12. The molecule has 12 nitrogen and oxygen atoms in total. The topological polar surface area (TPSA) is 52.7 Å². The summed E-state index contributed by atoms with van der Waals surface area (Å²) in [6, 6.07) is 30.6. The van der Waals surface area contributed by atoms with E-state index in [-0.39, 0.29) is 0 Å². The molecule has 0 spiro atoms. The largest absolute Gasteiger partial charge is 0.238 e. The molecule has 0 fully saturated rings. The van der Waals surface area contributed by atoms with E-state index in [0.717, 1.165) is 47.7 Å². The van der Waals surface area contributed by atoms with E-state index in [1.165, 1.54) is 139 Å². The Kier molecular flexibility index (Phi) is 12.6. The Hall–Kier alpha value is -10.4. The zero-order valence-corrected chi connectivity index (χ0v) is 50.7. The molecule has 0 atom stereocenters. The first-order valence-electron chi connectivity index (χ1n) is 28.9. The van der Waals surface area contributed by atoms with Crippen LogP contribution < -0.4 is 18.7 Å². The molecule has 8 heterocycles. The van der Waals surface area contributed by atoms with Crippen molar-refractivity contribution in [2.45, 2.75) is 116 Å². The molecular formula is C73H66N12+4. The molecule has 8 aromatic carbocycles. The summed E-state index contributed by atoms with van der Waals surface area (Å²) in [4.78, 5) is 14.1. The molecule has 0 bridgehead atoms. The van der Waals surface area contributed by atoms with Gasteiger partial charge in [0.25, 0.3) is 0 Å². The van der Waals surface area contributed by atoms with Crippen LogP contribution in [0.15, 0.2) is 116 Å². The van der Waals surface area contributed by atoms with Crippen LogP contribution in [-0.4, -0.2) is 18.7 Å². The maximum Gasteiger partial charge on any atom is 0.203 e. The van der Waals surface area contributed by atoms with Crippen molar-refractivity contribution in [2.75, 3.05) is 0 Å². The van der Waals surface area contributed by atoms with Crippen LogP contribution in [0.25, 0.3) is 85.7 Å². The van der Waals surface area contributed by atoms with Crippen LogP contribution in [0.1, 0.15) is 94.6 Å². The number of hydrogen-bond acceptors (Lipinski definition) is 0. The fraction of sp³-hybridized carbons (Fsp3) is 0.233. The van der Waals surface area contributed by atoms with Crippen LogP contribution in [0.5, 0.6) is 0 Å². The number of aryl methyl sites for hydroxylation is 4. The molecule has 16 rings (SSSR count). The second-order valence-corrected chi connectivity index (χ2v) is 23.8. The van der Waals surface area contributed by atoms with Crippen molar-refractivity contribution >= 4 is 66.4 Å². The summed E-state index contributed by atoms with van der Waals surface area (Å²) < 4.78 is 18.2. The number of rotatable bonds is 0. The fourth-order valence-corrected chi connectivity index (χ4v) is 13.7. The standard InChI is InChI=1S/C19H18N3.3C18H16N3/c1-11-12(2)14(4)19-17(13(11)3)10-21-9-15-8-16(20-5)6-7-18(15)22(19)21;1-11-7-15-10-20-9-14-8-16(19-4)5-6-17(14)21(20)18(15)13(3)12(11)2;1-11-7-18-16(13(3)12(11)2)10-20-9-14-8-15(19-4)5-6-17(14)21(18)20;1-11-7-12(2)16-10-20-9-14-8-15(19-4)5-6-17(14)21(20)18(16)13(11)3/h6-9H,10H2,1-4H3;3*5-9H,10H2,1-3H3/q4*+1. The lowest BCUT2D eigenvalue weighted by atomic mass is 9.92. The molecule has 0 aliphatic carbocycles. The number of hydrogen-bond donors (Lipinski definition) is 0. The van der Waals surface area contributed by atoms with Gasteiger partial charge < -0.3 is 0 Å². The number of fused-ring (bicyclic) bond motifs is 20. The van der Waals surface area contributed by atoms with Gasteiger partial charge in [-0.25, -0.2) is 19.4 Å². The molecule has 12 aromatic rings. The summed E-state index contributed by atoms with van der Waals surface area (Å²) in [5.74, 6) is 0. The fourth-order valence-electron chi connectivity index (χ4n) is 13.7. The molecule has 4 aliphatic heterocycles. The second kappa shape index (κ2) is 19.9. The van der Waals surface area contributed by atoms with Gasteiger partial charge in [0.15, 0.2) is 48.9 Å². The zero-order chi connectivity index (χ0) is 59.8. The third kappa shape index (κ3) is 8.27. The molecule has 0 radical (unpaired) electrons. The van der Waals surface area contributed by atoms with Crippen molar-refractivity contribution in [1.29, 1.82) is 0 Å². The molecule has 4 aliphatic rings. The van der Waals surface area contributed by atoms with Crippen LogP contribution in [0.4, 0.5) is 22.7 Å². The average molecular weight is 1110 g/mol. The normalized spacial score (nSPS) is 12.3. The first-order valence-corrected chi connectivity index (χ1v) is 28.9. The van der Waals surface area contributed by atoms with E-state index in [9.17, 15) is 0 Å². The third-order valence-corrected chi connectivity index (χ3v) is 19.2. The van der Waals surface area contributed by atoms with Crippen molar-refractivity contribution in [3.63, 3.8) is 0 Å². The first-order chi connectivity index (χ1) is 40.8. The summed E-state index contributed by atoms with van der Waals surface area (Å²) in [5, 5.41) is 4.53. The van der Waals surface area contributed by atoms with Gasteiger partial charge in [-0.3, -0.25) is 0 Å². The number of aromatic nitrogens is 8. The summed E-state index contributed by atoms with van der Waals surface area (Å²) in [6.45, 7) is 60.9. The lowest BCUT2D eigenvalue weighted by molar-refractivity contribution is -0.749. The minimum atomic E-state index is 0.698. The highest BCUT2D eigenvalue weighted by molar-refractivity contribution is 5.87. The van der Waals surface area contributed by atoms with Crippen molar-refractivity contribution in [3.8, 4) is 22.7 Å². The Morgan fingerprint density at radius 1 is 0.306 bits per heavy atom. The molecule has 414 valence electrons. The first kappa shape index (κ1) is 53.9. The molecule has 12 heteroatoms. The van der Waals surface area contributed by atoms with E-state index >= 15 is 0 Å². The third-order valence-electron chi connectivity index (χ3n) is 19.2. The van der Waals surface area contributed by atoms with Gasteiger partial charge in [-0.15, -0.1) is 37.5 Å². The Morgan fingerprint density at radius 2 is 0.659 bits per heavy atom. The van der Waals surface area contributed by atoms with E-state index in [1.807, 2.05) is 48.5 Å². The smallest absolute Gasteiger partial charge is 0.203 e. The minimum Gasteiger partial charge on any atom is -0.238 e. The van der Waals surface area contributed by atoms with E-state index in [0.29, 0.717) is 22.7 Å². The monoisotopic (exact) mass is 1110 g/mol. The van der Waals surface area contributed by atoms with Crippen LogP contribution in [0.3, 0.4) is 0 Å².